The van der Waals surface area contributed by atoms with Gasteiger partial charge in [-0.3, -0.25) is 4.79 Å². The van der Waals surface area contributed by atoms with Crippen molar-refractivity contribution in [1.29, 1.82) is 0 Å². The number of hydrogen-bond donors (Lipinski definition) is 2. The van der Waals surface area contributed by atoms with Crippen molar-refractivity contribution < 1.29 is 23.9 Å². The highest BCUT2D eigenvalue weighted by atomic mass is 16.5. The number of phenolic OH excluding ortho intramolecular Hbond substituents is 1. The fraction of sp³-hybridized carbons (Fsp3) is 0.533. The number of morpholine rings is 1. The van der Waals surface area contributed by atoms with Gasteiger partial charge in [0.05, 0.1) is 33.4 Å². The summed E-state index contributed by atoms with van der Waals surface area (Å²) in [6, 6.07) is 6.60. The van der Waals surface area contributed by atoms with Crippen LogP contribution in [0.15, 0.2) is 24.3 Å². The minimum Gasteiger partial charge on any atom is -0.504 e. The third-order valence-electron chi connectivity index (χ3n) is 3.75. The molecule has 0 saturated carbocycles. The molecule has 1 saturated heterocycles. The smallest absolute Gasteiger partial charge is 0.258 e. The molecule has 1 fully saturated rings. The summed E-state index contributed by atoms with van der Waals surface area (Å²) in [6.45, 7) is 4.91. The molecule has 6 heteroatoms. The van der Waals surface area contributed by atoms with E-state index in [0.29, 0.717) is 12.3 Å². The maximum atomic E-state index is 11.7. The van der Waals surface area contributed by atoms with Gasteiger partial charge in [-0.25, -0.2) is 0 Å². The zero-order chi connectivity index (χ0) is 15.1. The van der Waals surface area contributed by atoms with Gasteiger partial charge in [0.2, 0.25) is 0 Å². The first-order chi connectivity index (χ1) is 10.1. The van der Waals surface area contributed by atoms with Gasteiger partial charge in [-0.05, 0) is 12.1 Å². The maximum absolute atomic E-state index is 11.7. The molecule has 21 heavy (non-hydrogen) atoms. The molecule has 2 N–H and O–H groups in total. The molecule has 0 bridgehead atoms. The van der Waals surface area contributed by atoms with Crippen LogP contribution in [-0.2, 0) is 9.53 Å². The van der Waals surface area contributed by atoms with Crippen LogP contribution in [-0.4, -0.2) is 68.5 Å². The standard InChI is InChI=1S/C15H22N2O4/c1-17(8-10-20-11-9-17)7-6-16-15(19)12-21-14-5-3-2-4-13(14)18/h2-5H,6-12H2,1H3,(H-,16,18,19)/p+1. The van der Waals surface area contributed by atoms with Crippen LogP contribution in [0.1, 0.15) is 0 Å². The molecule has 0 aromatic heterocycles. The average Bonchev–Trinajstić information content (AvgIpc) is 2.47. The number of carbonyl (C=O) groups is 1. The Hall–Kier alpha value is -1.79. The predicted octanol–water partition coefficient (Wildman–Crippen LogP) is 0.364. The number of quaternary nitrogens is 1. The summed E-state index contributed by atoms with van der Waals surface area (Å²) in [4.78, 5) is 11.7. The minimum atomic E-state index is -0.182. The lowest BCUT2D eigenvalue weighted by molar-refractivity contribution is -0.915. The summed E-state index contributed by atoms with van der Waals surface area (Å²) in [5.74, 6) is 0.176. The Morgan fingerprint density at radius 2 is 2.10 bits per heavy atom. The van der Waals surface area contributed by atoms with Gasteiger partial charge in [0, 0.05) is 0 Å². The summed E-state index contributed by atoms with van der Waals surface area (Å²) in [5.41, 5.74) is 0. The number of ether oxygens (including phenoxy) is 2. The van der Waals surface area contributed by atoms with Crippen LogP contribution in [0.25, 0.3) is 0 Å². The lowest BCUT2D eigenvalue weighted by Gasteiger charge is -2.37. The second-order valence-electron chi connectivity index (χ2n) is 5.51. The first kappa shape index (κ1) is 15.6. The summed E-state index contributed by atoms with van der Waals surface area (Å²) in [5, 5.41) is 12.4. The van der Waals surface area contributed by atoms with Gasteiger partial charge < -0.3 is 24.4 Å². The third kappa shape index (κ3) is 4.91. The van der Waals surface area contributed by atoms with Gasteiger partial charge in [0.1, 0.15) is 13.1 Å². The van der Waals surface area contributed by atoms with E-state index in [0.717, 1.165) is 37.3 Å². The highest BCUT2D eigenvalue weighted by Crippen LogP contribution is 2.23. The van der Waals surface area contributed by atoms with Crippen LogP contribution in [0.2, 0.25) is 0 Å². The lowest BCUT2D eigenvalue weighted by Crippen LogP contribution is -2.55. The summed E-state index contributed by atoms with van der Waals surface area (Å²) in [7, 11) is 2.17. The van der Waals surface area contributed by atoms with Crippen molar-refractivity contribution >= 4 is 5.91 Å². The van der Waals surface area contributed by atoms with E-state index in [9.17, 15) is 9.90 Å². The van der Waals surface area contributed by atoms with Crippen LogP contribution in [0, 0.1) is 0 Å². The van der Waals surface area contributed by atoms with E-state index in [-0.39, 0.29) is 18.3 Å². The van der Waals surface area contributed by atoms with Crippen molar-refractivity contribution in [2.24, 2.45) is 0 Å². The fourth-order valence-electron chi connectivity index (χ4n) is 2.25. The Kier molecular flexibility index (Phi) is 5.41. The molecule has 1 heterocycles. The molecule has 1 aliphatic heterocycles. The van der Waals surface area contributed by atoms with Crippen LogP contribution in [0.5, 0.6) is 11.5 Å². The third-order valence-corrected chi connectivity index (χ3v) is 3.75. The van der Waals surface area contributed by atoms with E-state index < -0.39 is 0 Å². The average molecular weight is 295 g/mol. The second-order valence-corrected chi connectivity index (χ2v) is 5.51. The number of phenols is 1. The Labute approximate surface area is 124 Å². The number of amides is 1. The van der Waals surface area contributed by atoms with E-state index in [4.69, 9.17) is 9.47 Å². The van der Waals surface area contributed by atoms with Crippen molar-refractivity contribution in [3.63, 3.8) is 0 Å². The number of carbonyl (C=O) groups excluding carboxylic acids is 1. The molecule has 1 amide bonds. The van der Waals surface area contributed by atoms with Crippen molar-refractivity contribution in [1.82, 2.24) is 5.32 Å². The largest absolute Gasteiger partial charge is 0.504 e. The Morgan fingerprint density at radius 3 is 2.81 bits per heavy atom. The quantitative estimate of drug-likeness (QED) is 0.744. The molecule has 0 atom stereocenters. The Balaban J connectivity index is 1.67. The van der Waals surface area contributed by atoms with Crippen LogP contribution in [0.3, 0.4) is 0 Å². The normalized spacial score (nSPS) is 17.2. The Bertz CT molecular complexity index is 472. The minimum absolute atomic E-state index is 0.0386. The zero-order valence-corrected chi connectivity index (χ0v) is 12.4. The molecule has 1 aromatic rings. The molecule has 0 spiro atoms. The summed E-state index contributed by atoms with van der Waals surface area (Å²) >= 11 is 0. The number of nitrogens with zero attached hydrogens (tertiary/aromatic N) is 1. The van der Waals surface area contributed by atoms with Gasteiger partial charge in [-0.1, -0.05) is 12.1 Å². The molecule has 0 radical (unpaired) electrons. The van der Waals surface area contributed by atoms with Gasteiger partial charge in [0.25, 0.3) is 5.91 Å². The van der Waals surface area contributed by atoms with Crippen molar-refractivity contribution in [2.45, 2.75) is 0 Å². The molecular weight excluding hydrogens is 272 g/mol. The van der Waals surface area contributed by atoms with Gasteiger partial charge in [0.15, 0.2) is 18.1 Å². The van der Waals surface area contributed by atoms with Gasteiger partial charge in [-0.15, -0.1) is 0 Å². The second kappa shape index (κ2) is 7.28. The highest BCUT2D eigenvalue weighted by molar-refractivity contribution is 5.77. The number of benzene rings is 1. The predicted molar refractivity (Wildman–Crippen MR) is 78.2 cm³/mol. The number of aromatic hydroxyl groups is 1. The highest BCUT2D eigenvalue weighted by Gasteiger charge is 2.24. The van der Waals surface area contributed by atoms with Crippen molar-refractivity contribution in [3.05, 3.63) is 24.3 Å². The topological polar surface area (TPSA) is 67.8 Å². The number of rotatable bonds is 6. The fourth-order valence-corrected chi connectivity index (χ4v) is 2.25. The molecule has 0 unspecified atom stereocenters. The van der Waals surface area contributed by atoms with Crippen molar-refractivity contribution in [3.8, 4) is 11.5 Å². The van der Waals surface area contributed by atoms with E-state index in [1.165, 1.54) is 6.07 Å². The molecule has 116 valence electrons. The molecule has 0 aliphatic carbocycles. The van der Waals surface area contributed by atoms with E-state index >= 15 is 0 Å². The van der Waals surface area contributed by atoms with E-state index in [2.05, 4.69) is 12.4 Å². The molecular formula is C15H23N2O4+. The first-order valence-corrected chi connectivity index (χ1v) is 7.18. The monoisotopic (exact) mass is 295 g/mol. The zero-order valence-electron chi connectivity index (χ0n) is 12.4. The lowest BCUT2D eigenvalue weighted by atomic mass is 10.3. The molecule has 6 nitrogen and oxygen atoms in total. The van der Waals surface area contributed by atoms with Gasteiger partial charge >= 0.3 is 0 Å². The molecule has 2 rings (SSSR count). The number of likely N-dealkylation sites (N-methyl/N-ethyl adjacent to an activating group) is 1. The summed E-state index contributed by atoms with van der Waals surface area (Å²) in [6.07, 6.45) is 0. The number of hydrogen-bond acceptors (Lipinski definition) is 4. The van der Waals surface area contributed by atoms with Crippen LogP contribution in [0.4, 0.5) is 0 Å². The van der Waals surface area contributed by atoms with E-state index in [1.807, 2.05) is 0 Å². The number of nitrogens with one attached hydrogen (secondary N) is 1. The molecule has 1 aliphatic rings. The van der Waals surface area contributed by atoms with E-state index in [1.54, 1.807) is 18.2 Å². The molecule has 1 aromatic carbocycles. The maximum Gasteiger partial charge on any atom is 0.258 e. The van der Waals surface area contributed by atoms with Crippen LogP contribution >= 0.6 is 0 Å². The summed E-state index contributed by atoms with van der Waals surface area (Å²) < 4.78 is 11.5. The SMILES string of the molecule is C[N+]1(CCNC(=O)COc2ccccc2O)CCOCC1. The van der Waals surface area contributed by atoms with Crippen molar-refractivity contribution in [2.75, 3.05) is 53.0 Å². The first-order valence-electron chi connectivity index (χ1n) is 7.18. The van der Waals surface area contributed by atoms with Crippen LogP contribution < -0.4 is 10.1 Å². The van der Waals surface area contributed by atoms with Gasteiger partial charge in [-0.2, -0.15) is 0 Å². The number of para-hydroxylation sites is 2. The Morgan fingerprint density at radius 1 is 1.38 bits per heavy atom.